The molecule has 0 unspecified atom stereocenters. The Morgan fingerprint density at radius 1 is 1.45 bits per heavy atom. The molecular weight excluding hydrogens is 140 g/mol. The summed E-state index contributed by atoms with van der Waals surface area (Å²) in [6.07, 6.45) is 2.41. The lowest BCUT2D eigenvalue weighted by Crippen LogP contribution is -2.41. The van der Waals surface area contributed by atoms with Crippen molar-refractivity contribution in [2.75, 3.05) is 26.7 Å². The summed E-state index contributed by atoms with van der Waals surface area (Å²) in [7, 11) is 2.03. The fourth-order valence-electron chi connectivity index (χ4n) is 1.48. The summed E-state index contributed by atoms with van der Waals surface area (Å²) in [5.74, 6) is 0. The van der Waals surface area contributed by atoms with Gasteiger partial charge in [-0.25, -0.2) is 0 Å². The average Bonchev–Trinajstić information content (AvgIpc) is 2.07. The molecule has 66 valence electrons. The summed E-state index contributed by atoms with van der Waals surface area (Å²) in [5.41, 5.74) is 0. The highest BCUT2D eigenvalue weighted by Crippen LogP contribution is 2.09. The molecule has 0 aromatic heterocycles. The molecule has 1 aliphatic rings. The molecule has 0 bridgehead atoms. The maximum Gasteiger partial charge on any atom is 0.0656 e. The van der Waals surface area contributed by atoms with Gasteiger partial charge in [0.05, 0.1) is 6.61 Å². The third kappa shape index (κ3) is 2.77. The third-order valence-corrected chi connectivity index (χ3v) is 2.16. The van der Waals surface area contributed by atoms with E-state index in [4.69, 9.17) is 4.84 Å². The first-order chi connectivity index (χ1) is 5.34. The van der Waals surface area contributed by atoms with E-state index in [9.17, 15) is 0 Å². The molecule has 0 atom stereocenters. The van der Waals surface area contributed by atoms with Gasteiger partial charge in [0.15, 0.2) is 0 Å². The Hall–Kier alpha value is -0.120. The largest absolute Gasteiger partial charge is 0.317 e. The van der Waals surface area contributed by atoms with E-state index >= 15 is 0 Å². The lowest BCUT2D eigenvalue weighted by molar-refractivity contribution is -0.168. The Kier molecular flexibility index (Phi) is 3.83. The monoisotopic (exact) mass is 158 g/mol. The zero-order valence-electron chi connectivity index (χ0n) is 7.47. The standard InChI is InChI=1S/C8H18N2O/c1-3-11-10(2)8-4-6-9-7-5-8/h8-9H,3-7H2,1-2H3. The van der Waals surface area contributed by atoms with Crippen LogP contribution in [0.2, 0.25) is 0 Å². The van der Waals surface area contributed by atoms with Gasteiger partial charge in [-0.15, -0.1) is 0 Å². The van der Waals surface area contributed by atoms with E-state index in [1.165, 1.54) is 12.8 Å². The predicted octanol–water partition coefficient (Wildman–Crippen LogP) is 0.622. The number of rotatable bonds is 3. The number of hydroxylamine groups is 2. The zero-order valence-corrected chi connectivity index (χ0v) is 7.47. The minimum atomic E-state index is 0.621. The van der Waals surface area contributed by atoms with Crippen LogP contribution in [-0.2, 0) is 4.84 Å². The lowest BCUT2D eigenvalue weighted by Gasteiger charge is -2.30. The normalized spacial score (nSPS) is 21.0. The molecule has 0 radical (unpaired) electrons. The molecule has 3 nitrogen and oxygen atoms in total. The molecule has 0 aliphatic carbocycles. The Bertz CT molecular complexity index is 102. The van der Waals surface area contributed by atoms with E-state index in [1.54, 1.807) is 0 Å². The lowest BCUT2D eigenvalue weighted by atomic mass is 10.1. The molecule has 0 spiro atoms. The first kappa shape index (κ1) is 8.97. The molecule has 11 heavy (non-hydrogen) atoms. The number of piperidine rings is 1. The molecule has 1 fully saturated rings. The van der Waals surface area contributed by atoms with Crippen molar-refractivity contribution >= 4 is 0 Å². The number of nitrogens with zero attached hydrogens (tertiary/aromatic N) is 1. The minimum absolute atomic E-state index is 0.621. The van der Waals surface area contributed by atoms with Crippen molar-refractivity contribution in [1.82, 2.24) is 10.4 Å². The fraction of sp³-hybridized carbons (Fsp3) is 1.00. The summed E-state index contributed by atoms with van der Waals surface area (Å²) in [6.45, 7) is 5.06. The van der Waals surface area contributed by atoms with Crippen LogP contribution in [0.1, 0.15) is 19.8 Å². The number of hydrogen-bond acceptors (Lipinski definition) is 3. The Labute approximate surface area is 68.7 Å². The van der Waals surface area contributed by atoms with Crippen LogP contribution in [-0.4, -0.2) is 37.8 Å². The van der Waals surface area contributed by atoms with Gasteiger partial charge in [0.2, 0.25) is 0 Å². The third-order valence-electron chi connectivity index (χ3n) is 2.16. The molecule has 0 aromatic carbocycles. The highest BCUT2D eigenvalue weighted by atomic mass is 16.7. The van der Waals surface area contributed by atoms with Crippen LogP contribution >= 0.6 is 0 Å². The maximum atomic E-state index is 5.39. The van der Waals surface area contributed by atoms with Gasteiger partial charge in [-0.05, 0) is 32.9 Å². The van der Waals surface area contributed by atoms with Crippen molar-refractivity contribution in [3.8, 4) is 0 Å². The van der Waals surface area contributed by atoms with Gasteiger partial charge >= 0.3 is 0 Å². The van der Waals surface area contributed by atoms with Gasteiger partial charge in [0, 0.05) is 13.1 Å². The van der Waals surface area contributed by atoms with Crippen molar-refractivity contribution in [2.45, 2.75) is 25.8 Å². The number of hydrogen-bond donors (Lipinski definition) is 1. The van der Waals surface area contributed by atoms with Gasteiger partial charge in [-0.2, -0.15) is 5.06 Å². The highest BCUT2D eigenvalue weighted by molar-refractivity contribution is 4.71. The average molecular weight is 158 g/mol. The molecule has 1 aliphatic heterocycles. The molecule has 1 rings (SSSR count). The molecule has 1 heterocycles. The summed E-state index contributed by atoms with van der Waals surface area (Å²) >= 11 is 0. The molecule has 3 heteroatoms. The van der Waals surface area contributed by atoms with Crippen molar-refractivity contribution in [3.05, 3.63) is 0 Å². The summed E-state index contributed by atoms with van der Waals surface area (Å²) in [5, 5.41) is 5.33. The van der Waals surface area contributed by atoms with Crippen LogP contribution in [0.4, 0.5) is 0 Å². The summed E-state index contributed by atoms with van der Waals surface area (Å²) in [6, 6.07) is 0.621. The van der Waals surface area contributed by atoms with Crippen LogP contribution in [0.25, 0.3) is 0 Å². The van der Waals surface area contributed by atoms with Crippen molar-refractivity contribution in [2.24, 2.45) is 0 Å². The molecule has 0 amide bonds. The van der Waals surface area contributed by atoms with Gasteiger partial charge in [0.25, 0.3) is 0 Å². The summed E-state index contributed by atoms with van der Waals surface area (Å²) in [4.78, 5) is 5.39. The molecule has 0 aromatic rings. The van der Waals surface area contributed by atoms with E-state index < -0.39 is 0 Å². The summed E-state index contributed by atoms with van der Waals surface area (Å²) < 4.78 is 0. The van der Waals surface area contributed by atoms with E-state index in [0.29, 0.717) is 6.04 Å². The number of nitrogens with one attached hydrogen (secondary N) is 1. The molecular formula is C8H18N2O. The van der Waals surface area contributed by atoms with E-state index in [-0.39, 0.29) is 0 Å². The van der Waals surface area contributed by atoms with Gasteiger partial charge < -0.3 is 5.32 Å². The van der Waals surface area contributed by atoms with E-state index in [0.717, 1.165) is 19.7 Å². The SMILES string of the molecule is CCON(C)C1CCNCC1. The minimum Gasteiger partial charge on any atom is -0.317 e. The van der Waals surface area contributed by atoms with Crippen LogP contribution in [0.15, 0.2) is 0 Å². The van der Waals surface area contributed by atoms with Gasteiger partial charge in [-0.3, -0.25) is 4.84 Å². The zero-order chi connectivity index (χ0) is 8.10. The topological polar surface area (TPSA) is 24.5 Å². The molecule has 1 N–H and O–H groups in total. The van der Waals surface area contributed by atoms with Crippen LogP contribution in [0.5, 0.6) is 0 Å². The second-order valence-corrected chi connectivity index (χ2v) is 2.95. The smallest absolute Gasteiger partial charge is 0.0656 e. The fourth-order valence-corrected chi connectivity index (χ4v) is 1.48. The second kappa shape index (κ2) is 4.70. The molecule has 1 saturated heterocycles. The van der Waals surface area contributed by atoms with Crippen molar-refractivity contribution < 1.29 is 4.84 Å². The van der Waals surface area contributed by atoms with Crippen LogP contribution < -0.4 is 5.32 Å². The first-order valence-electron chi connectivity index (χ1n) is 4.41. The first-order valence-corrected chi connectivity index (χ1v) is 4.41. The predicted molar refractivity (Wildman–Crippen MR) is 45.3 cm³/mol. The molecule has 0 saturated carbocycles. The van der Waals surface area contributed by atoms with Gasteiger partial charge in [-0.1, -0.05) is 0 Å². The highest BCUT2D eigenvalue weighted by Gasteiger charge is 2.17. The Morgan fingerprint density at radius 2 is 2.09 bits per heavy atom. The second-order valence-electron chi connectivity index (χ2n) is 2.95. The van der Waals surface area contributed by atoms with Crippen molar-refractivity contribution in [3.63, 3.8) is 0 Å². The van der Waals surface area contributed by atoms with E-state index in [1.807, 2.05) is 19.0 Å². The maximum absolute atomic E-state index is 5.39. The van der Waals surface area contributed by atoms with Crippen LogP contribution in [0, 0.1) is 0 Å². The quantitative estimate of drug-likeness (QED) is 0.609. The van der Waals surface area contributed by atoms with E-state index in [2.05, 4.69) is 5.32 Å². The van der Waals surface area contributed by atoms with Gasteiger partial charge in [0.1, 0.15) is 0 Å². The Morgan fingerprint density at radius 3 is 2.64 bits per heavy atom. The van der Waals surface area contributed by atoms with Crippen LogP contribution in [0.3, 0.4) is 0 Å². The van der Waals surface area contributed by atoms with Crippen molar-refractivity contribution in [1.29, 1.82) is 0 Å². The Balaban J connectivity index is 2.21.